The molecule has 100 valence electrons. The van der Waals surface area contributed by atoms with Crippen molar-refractivity contribution >= 4 is 17.6 Å². The second-order valence-electron chi connectivity index (χ2n) is 4.13. The highest BCUT2D eigenvalue weighted by molar-refractivity contribution is 7.99. The molecule has 0 spiro atoms. The minimum atomic E-state index is -0.257. The molecular formula is C13H16N4OS. The lowest BCUT2D eigenvalue weighted by atomic mass is 10.1. The van der Waals surface area contributed by atoms with Gasteiger partial charge in [0.2, 0.25) is 0 Å². The van der Waals surface area contributed by atoms with Gasteiger partial charge in [-0.2, -0.15) is 0 Å². The summed E-state index contributed by atoms with van der Waals surface area (Å²) in [5.41, 5.74) is 12.4. The van der Waals surface area contributed by atoms with Crippen molar-refractivity contribution in [3.63, 3.8) is 0 Å². The van der Waals surface area contributed by atoms with Crippen LogP contribution in [0.15, 0.2) is 45.2 Å². The predicted octanol–water partition coefficient (Wildman–Crippen LogP) is 1.91. The zero-order chi connectivity index (χ0) is 13.8. The zero-order valence-corrected chi connectivity index (χ0v) is 11.4. The van der Waals surface area contributed by atoms with E-state index in [9.17, 15) is 4.79 Å². The van der Waals surface area contributed by atoms with E-state index in [-0.39, 0.29) is 17.4 Å². The number of benzene rings is 1. The van der Waals surface area contributed by atoms with Crippen LogP contribution in [0.1, 0.15) is 24.9 Å². The van der Waals surface area contributed by atoms with E-state index in [1.54, 1.807) is 0 Å². The van der Waals surface area contributed by atoms with Crippen LogP contribution >= 0.6 is 11.8 Å². The average Bonchev–Trinajstić information content (AvgIpc) is 2.37. The number of H-pyrrole nitrogens is 1. The SMILES string of the molecule is CCC(N)c1ccccc1Sc1nc(N)cc(=O)[nH]1. The molecule has 0 saturated carbocycles. The first-order valence-corrected chi connectivity index (χ1v) is 6.81. The Bertz CT molecular complexity index is 626. The molecule has 1 aromatic carbocycles. The second-order valence-corrected chi connectivity index (χ2v) is 5.16. The van der Waals surface area contributed by atoms with Crippen molar-refractivity contribution in [2.24, 2.45) is 5.73 Å². The van der Waals surface area contributed by atoms with Gasteiger partial charge in [-0.3, -0.25) is 4.79 Å². The molecule has 1 atom stereocenters. The molecule has 2 aromatic rings. The third-order valence-corrected chi connectivity index (χ3v) is 3.68. The van der Waals surface area contributed by atoms with Gasteiger partial charge in [0, 0.05) is 17.0 Å². The van der Waals surface area contributed by atoms with Crippen molar-refractivity contribution in [3.8, 4) is 0 Å². The number of anilines is 1. The van der Waals surface area contributed by atoms with Gasteiger partial charge in [-0.1, -0.05) is 36.9 Å². The van der Waals surface area contributed by atoms with Crippen LogP contribution in [-0.2, 0) is 0 Å². The Morgan fingerprint density at radius 3 is 2.84 bits per heavy atom. The van der Waals surface area contributed by atoms with Crippen LogP contribution in [0.5, 0.6) is 0 Å². The van der Waals surface area contributed by atoms with E-state index in [4.69, 9.17) is 11.5 Å². The lowest BCUT2D eigenvalue weighted by Gasteiger charge is -2.13. The molecule has 19 heavy (non-hydrogen) atoms. The number of aromatic amines is 1. The molecular weight excluding hydrogens is 260 g/mol. The highest BCUT2D eigenvalue weighted by Gasteiger charge is 2.11. The third kappa shape index (κ3) is 3.36. The highest BCUT2D eigenvalue weighted by atomic mass is 32.2. The van der Waals surface area contributed by atoms with Crippen molar-refractivity contribution in [2.45, 2.75) is 29.4 Å². The molecule has 1 unspecified atom stereocenters. The summed E-state index contributed by atoms with van der Waals surface area (Å²) in [5.74, 6) is 0.212. The Hall–Kier alpha value is -1.79. The van der Waals surface area contributed by atoms with Gasteiger partial charge in [-0.05, 0) is 18.1 Å². The summed E-state index contributed by atoms with van der Waals surface area (Å²) in [5, 5.41) is 0.473. The summed E-state index contributed by atoms with van der Waals surface area (Å²) in [6.07, 6.45) is 0.846. The molecule has 5 N–H and O–H groups in total. The number of rotatable bonds is 4. The smallest absolute Gasteiger partial charge is 0.253 e. The van der Waals surface area contributed by atoms with Gasteiger partial charge in [0.05, 0.1) is 0 Å². The van der Waals surface area contributed by atoms with Crippen molar-refractivity contribution in [1.29, 1.82) is 0 Å². The Morgan fingerprint density at radius 2 is 2.16 bits per heavy atom. The van der Waals surface area contributed by atoms with Crippen LogP contribution < -0.4 is 17.0 Å². The first-order valence-electron chi connectivity index (χ1n) is 5.99. The number of nitrogen functional groups attached to an aromatic ring is 1. The van der Waals surface area contributed by atoms with E-state index < -0.39 is 0 Å². The van der Waals surface area contributed by atoms with Crippen molar-refractivity contribution in [1.82, 2.24) is 9.97 Å². The normalized spacial score (nSPS) is 12.3. The topological polar surface area (TPSA) is 97.8 Å². The van der Waals surface area contributed by atoms with Crippen molar-refractivity contribution in [2.75, 3.05) is 5.73 Å². The maximum Gasteiger partial charge on any atom is 0.253 e. The van der Waals surface area contributed by atoms with Crippen LogP contribution in [0.25, 0.3) is 0 Å². The number of nitrogens with zero attached hydrogens (tertiary/aromatic N) is 1. The van der Waals surface area contributed by atoms with E-state index in [2.05, 4.69) is 9.97 Å². The van der Waals surface area contributed by atoms with E-state index >= 15 is 0 Å². The Morgan fingerprint density at radius 1 is 1.42 bits per heavy atom. The molecule has 1 heterocycles. The summed E-state index contributed by atoms with van der Waals surface area (Å²) in [6, 6.07) is 9.05. The first kappa shape index (κ1) is 13.6. The summed E-state index contributed by atoms with van der Waals surface area (Å²) >= 11 is 1.36. The van der Waals surface area contributed by atoms with Crippen LogP contribution in [0.4, 0.5) is 5.82 Å². The standard InChI is InChI=1S/C13H16N4OS/c1-2-9(14)8-5-3-4-6-10(8)19-13-16-11(15)7-12(18)17-13/h3-7,9H,2,14H2,1H3,(H3,15,16,17,18). The van der Waals surface area contributed by atoms with Crippen LogP contribution in [-0.4, -0.2) is 9.97 Å². The predicted molar refractivity (Wildman–Crippen MR) is 77.1 cm³/mol. The summed E-state index contributed by atoms with van der Waals surface area (Å²) in [4.78, 5) is 19.1. The zero-order valence-electron chi connectivity index (χ0n) is 10.6. The minimum Gasteiger partial charge on any atom is -0.383 e. The molecule has 0 aliphatic heterocycles. The van der Waals surface area contributed by atoms with E-state index in [1.807, 2.05) is 31.2 Å². The van der Waals surface area contributed by atoms with Gasteiger partial charge >= 0.3 is 0 Å². The molecule has 1 aromatic heterocycles. The van der Waals surface area contributed by atoms with E-state index in [0.717, 1.165) is 16.9 Å². The van der Waals surface area contributed by atoms with E-state index in [0.29, 0.717) is 5.16 Å². The third-order valence-electron chi connectivity index (χ3n) is 2.70. The van der Waals surface area contributed by atoms with Crippen LogP contribution in [0.3, 0.4) is 0 Å². The highest BCUT2D eigenvalue weighted by Crippen LogP contribution is 2.31. The van der Waals surface area contributed by atoms with Gasteiger partial charge in [0.1, 0.15) is 5.82 Å². The van der Waals surface area contributed by atoms with Gasteiger partial charge in [-0.25, -0.2) is 4.98 Å². The summed E-state index contributed by atoms with van der Waals surface area (Å²) in [7, 11) is 0. The molecule has 0 aliphatic rings. The lowest BCUT2D eigenvalue weighted by Crippen LogP contribution is -2.11. The van der Waals surface area contributed by atoms with Gasteiger partial charge in [-0.15, -0.1) is 0 Å². The quantitative estimate of drug-likeness (QED) is 0.741. The lowest BCUT2D eigenvalue weighted by molar-refractivity contribution is 0.685. The number of hydrogen-bond donors (Lipinski definition) is 3. The van der Waals surface area contributed by atoms with Gasteiger partial charge in [0.15, 0.2) is 5.16 Å². The summed E-state index contributed by atoms with van der Waals surface area (Å²) in [6.45, 7) is 2.03. The Balaban J connectivity index is 2.35. The number of aromatic nitrogens is 2. The fraction of sp³-hybridized carbons (Fsp3) is 0.231. The van der Waals surface area contributed by atoms with E-state index in [1.165, 1.54) is 17.8 Å². The molecule has 0 amide bonds. The largest absolute Gasteiger partial charge is 0.383 e. The van der Waals surface area contributed by atoms with Crippen molar-refractivity contribution < 1.29 is 0 Å². The first-order chi connectivity index (χ1) is 9.10. The minimum absolute atomic E-state index is 0.0310. The molecule has 0 radical (unpaired) electrons. The molecule has 0 bridgehead atoms. The number of nitrogens with one attached hydrogen (secondary N) is 1. The van der Waals surface area contributed by atoms with Gasteiger partial charge < -0.3 is 16.5 Å². The molecule has 5 nitrogen and oxygen atoms in total. The number of nitrogens with two attached hydrogens (primary N) is 2. The summed E-state index contributed by atoms with van der Waals surface area (Å²) < 4.78 is 0. The fourth-order valence-electron chi connectivity index (χ4n) is 1.71. The maximum absolute atomic E-state index is 11.4. The maximum atomic E-state index is 11.4. The second kappa shape index (κ2) is 5.90. The molecule has 0 fully saturated rings. The molecule has 0 saturated heterocycles. The Labute approximate surface area is 115 Å². The monoisotopic (exact) mass is 276 g/mol. The van der Waals surface area contributed by atoms with Gasteiger partial charge in [0.25, 0.3) is 5.56 Å². The number of hydrogen-bond acceptors (Lipinski definition) is 5. The van der Waals surface area contributed by atoms with Crippen LogP contribution in [0, 0.1) is 0 Å². The molecule has 2 rings (SSSR count). The van der Waals surface area contributed by atoms with Crippen molar-refractivity contribution in [3.05, 3.63) is 46.2 Å². The fourth-order valence-corrected chi connectivity index (χ4v) is 2.70. The average molecular weight is 276 g/mol. The van der Waals surface area contributed by atoms with Crippen LogP contribution in [0.2, 0.25) is 0 Å². The molecule has 0 aliphatic carbocycles. The molecule has 6 heteroatoms. The Kier molecular flexibility index (Phi) is 4.24.